The van der Waals surface area contributed by atoms with E-state index < -0.39 is 0 Å². The highest BCUT2D eigenvalue weighted by atomic mass is 79.9. The molecular weight excluding hydrogens is 252 g/mol. The first kappa shape index (κ1) is 10.1. The maximum absolute atomic E-state index is 8.60. The van der Waals surface area contributed by atoms with Crippen LogP contribution in [0, 0.1) is 6.92 Å². The second-order valence-electron chi connectivity index (χ2n) is 3.38. The van der Waals surface area contributed by atoms with Crippen LogP contribution in [0.1, 0.15) is 11.1 Å². The maximum Gasteiger partial charge on any atom is 0.288 e. The van der Waals surface area contributed by atoms with E-state index in [0.717, 1.165) is 20.8 Å². The Kier molecular flexibility index (Phi) is 2.67. The average molecular weight is 261 g/mol. The summed E-state index contributed by atoms with van der Waals surface area (Å²) in [6.07, 6.45) is 1.46. The highest BCUT2D eigenvalue weighted by molar-refractivity contribution is 9.10. The SMILES string of the molecule is Cc1ccc(Br)c2cccc(C=[N+]=[N-])c12. The Labute approximate surface area is 96.3 Å². The molecular formula is C12H9BrN2. The predicted octanol–water partition coefficient (Wildman–Crippen LogP) is 3.56. The zero-order chi connectivity index (χ0) is 10.8. The van der Waals surface area contributed by atoms with E-state index in [0.29, 0.717) is 0 Å². The molecule has 0 bridgehead atoms. The molecule has 0 spiro atoms. The van der Waals surface area contributed by atoms with Crippen LogP contribution in [0.5, 0.6) is 0 Å². The number of halogens is 1. The molecule has 0 N–H and O–H groups in total. The van der Waals surface area contributed by atoms with Crippen molar-refractivity contribution in [1.82, 2.24) is 0 Å². The topological polar surface area (TPSA) is 36.4 Å². The van der Waals surface area contributed by atoms with Crippen molar-refractivity contribution in [2.45, 2.75) is 6.92 Å². The molecule has 0 saturated heterocycles. The molecule has 2 aromatic rings. The number of hydrogen-bond donors (Lipinski definition) is 0. The molecule has 0 amide bonds. The fourth-order valence-corrected chi connectivity index (χ4v) is 2.21. The van der Waals surface area contributed by atoms with Gasteiger partial charge in [-0.3, -0.25) is 0 Å². The van der Waals surface area contributed by atoms with Gasteiger partial charge in [-0.2, -0.15) is 4.79 Å². The number of benzene rings is 2. The van der Waals surface area contributed by atoms with Gasteiger partial charge in [0.25, 0.3) is 6.21 Å². The molecule has 0 fully saturated rings. The Morgan fingerprint density at radius 2 is 2.07 bits per heavy atom. The Bertz CT molecular complexity index is 569. The van der Waals surface area contributed by atoms with E-state index in [9.17, 15) is 0 Å². The number of hydrogen-bond acceptors (Lipinski definition) is 0. The van der Waals surface area contributed by atoms with Gasteiger partial charge in [0.2, 0.25) is 0 Å². The number of aryl methyl sites for hydroxylation is 1. The van der Waals surface area contributed by atoms with Crippen molar-refractivity contribution in [1.29, 1.82) is 0 Å². The fourth-order valence-electron chi connectivity index (χ4n) is 1.75. The maximum atomic E-state index is 8.60. The highest BCUT2D eigenvalue weighted by Gasteiger charge is 2.06. The summed E-state index contributed by atoms with van der Waals surface area (Å²) in [6, 6.07) is 9.99. The standard InChI is InChI=1S/C12H9BrN2/c1-8-5-6-11(13)10-4-2-3-9(7-15-14)12(8)10/h2-7H,1H3. The van der Waals surface area contributed by atoms with Crippen molar-refractivity contribution >= 4 is 32.9 Å². The molecule has 2 rings (SSSR count). The minimum Gasteiger partial charge on any atom is -0.361 e. The molecule has 0 radical (unpaired) electrons. The monoisotopic (exact) mass is 260 g/mol. The molecule has 0 aliphatic heterocycles. The first-order valence-corrected chi connectivity index (χ1v) is 5.38. The average Bonchev–Trinajstić information content (AvgIpc) is 2.24. The smallest absolute Gasteiger partial charge is 0.288 e. The van der Waals surface area contributed by atoms with Crippen LogP contribution in [0.3, 0.4) is 0 Å². The van der Waals surface area contributed by atoms with Gasteiger partial charge in [-0.05, 0) is 30.0 Å². The lowest BCUT2D eigenvalue weighted by molar-refractivity contribution is 0.00466. The second-order valence-corrected chi connectivity index (χ2v) is 4.23. The Morgan fingerprint density at radius 3 is 2.80 bits per heavy atom. The lowest BCUT2D eigenvalue weighted by Gasteiger charge is -2.05. The van der Waals surface area contributed by atoms with Crippen LogP contribution in [0.15, 0.2) is 34.8 Å². The van der Waals surface area contributed by atoms with Crippen LogP contribution in [0.4, 0.5) is 0 Å². The third kappa shape index (κ3) is 1.72. The molecule has 15 heavy (non-hydrogen) atoms. The predicted molar refractivity (Wildman–Crippen MR) is 65.2 cm³/mol. The molecule has 0 aromatic heterocycles. The second kappa shape index (κ2) is 3.97. The van der Waals surface area contributed by atoms with Crippen molar-refractivity contribution in [3.63, 3.8) is 0 Å². The summed E-state index contributed by atoms with van der Waals surface area (Å²) in [5.74, 6) is 0. The zero-order valence-electron chi connectivity index (χ0n) is 8.24. The van der Waals surface area contributed by atoms with Crippen LogP contribution in [0.25, 0.3) is 16.3 Å². The van der Waals surface area contributed by atoms with Crippen molar-refractivity contribution in [2.24, 2.45) is 0 Å². The van der Waals surface area contributed by atoms with Gasteiger partial charge in [-0.1, -0.05) is 34.1 Å². The van der Waals surface area contributed by atoms with Crippen molar-refractivity contribution in [3.8, 4) is 0 Å². The molecule has 2 nitrogen and oxygen atoms in total. The van der Waals surface area contributed by atoms with Crippen molar-refractivity contribution < 1.29 is 4.79 Å². The van der Waals surface area contributed by atoms with Gasteiger partial charge >= 0.3 is 0 Å². The Balaban J connectivity index is 2.95. The molecule has 74 valence electrons. The van der Waals surface area contributed by atoms with Gasteiger partial charge in [0.05, 0.1) is 5.56 Å². The molecule has 0 aliphatic carbocycles. The summed E-state index contributed by atoms with van der Waals surface area (Å²) in [5.41, 5.74) is 10.7. The summed E-state index contributed by atoms with van der Waals surface area (Å²) in [6.45, 7) is 2.05. The highest BCUT2D eigenvalue weighted by Crippen LogP contribution is 2.28. The van der Waals surface area contributed by atoms with Gasteiger partial charge in [-0.25, -0.2) is 0 Å². The van der Waals surface area contributed by atoms with Gasteiger partial charge in [0, 0.05) is 9.86 Å². The lowest BCUT2D eigenvalue weighted by atomic mass is 10.0. The van der Waals surface area contributed by atoms with E-state index in [1.807, 2.05) is 37.3 Å². The Hall–Kier alpha value is -1.44. The summed E-state index contributed by atoms with van der Waals surface area (Å²) >= 11 is 3.51. The molecule has 3 heteroatoms. The normalized spacial score (nSPS) is 10.0. The third-order valence-corrected chi connectivity index (χ3v) is 3.12. The number of fused-ring (bicyclic) bond motifs is 1. The van der Waals surface area contributed by atoms with Gasteiger partial charge in [-0.15, -0.1) is 0 Å². The van der Waals surface area contributed by atoms with Crippen LogP contribution >= 0.6 is 15.9 Å². The van der Waals surface area contributed by atoms with Crippen LogP contribution in [-0.2, 0) is 0 Å². The summed E-state index contributed by atoms with van der Waals surface area (Å²) in [5, 5.41) is 2.25. The molecule has 0 aliphatic rings. The van der Waals surface area contributed by atoms with Gasteiger partial charge < -0.3 is 5.53 Å². The largest absolute Gasteiger partial charge is 0.361 e. The lowest BCUT2D eigenvalue weighted by Crippen LogP contribution is -1.88. The zero-order valence-corrected chi connectivity index (χ0v) is 9.82. The summed E-state index contributed by atoms with van der Waals surface area (Å²) < 4.78 is 1.05. The molecule has 0 heterocycles. The summed E-state index contributed by atoms with van der Waals surface area (Å²) in [4.78, 5) is 3.09. The van der Waals surface area contributed by atoms with Crippen molar-refractivity contribution in [3.05, 3.63) is 51.5 Å². The van der Waals surface area contributed by atoms with Crippen LogP contribution in [-0.4, -0.2) is 11.0 Å². The molecule has 0 saturated carbocycles. The van der Waals surface area contributed by atoms with Crippen LogP contribution in [0.2, 0.25) is 0 Å². The van der Waals surface area contributed by atoms with Crippen molar-refractivity contribution in [2.75, 3.05) is 0 Å². The van der Waals surface area contributed by atoms with E-state index in [1.165, 1.54) is 11.8 Å². The van der Waals surface area contributed by atoms with E-state index >= 15 is 0 Å². The number of nitrogens with zero attached hydrogens (tertiary/aromatic N) is 2. The molecule has 2 aromatic carbocycles. The minimum absolute atomic E-state index is 0.925. The first-order valence-electron chi connectivity index (χ1n) is 4.59. The fraction of sp³-hybridized carbons (Fsp3) is 0.0833. The Morgan fingerprint density at radius 1 is 1.27 bits per heavy atom. The first-order chi connectivity index (χ1) is 7.24. The molecule has 0 atom stereocenters. The minimum atomic E-state index is 0.925. The van der Waals surface area contributed by atoms with E-state index in [-0.39, 0.29) is 0 Å². The van der Waals surface area contributed by atoms with Crippen LogP contribution < -0.4 is 0 Å². The summed E-state index contributed by atoms with van der Waals surface area (Å²) in [7, 11) is 0. The van der Waals surface area contributed by atoms with Gasteiger partial charge in [0.1, 0.15) is 0 Å². The van der Waals surface area contributed by atoms with E-state index in [2.05, 4.69) is 20.7 Å². The number of rotatable bonds is 1. The van der Waals surface area contributed by atoms with Gasteiger partial charge in [0.15, 0.2) is 0 Å². The quantitative estimate of drug-likeness (QED) is 0.427. The van der Waals surface area contributed by atoms with E-state index in [4.69, 9.17) is 5.53 Å². The van der Waals surface area contributed by atoms with E-state index in [1.54, 1.807) is 0 Å². The third-order valence-electron chi connectivity index (χ3n) is 2.42. The molecule has 0 unspecified atom stereocenters.